The highest BCUT2D eigenvalue weighted by atomic mass is 16.4. The van der Waals surface area contributed by atoms with E-state index in [1.807, 2.05) is 12.1 Å². The van der Waals surface area contributed by atoms with Crippen molar-refractivity contribution in [1.82, 2.24) is 9.88 Å². The number of aliphatic hydroxyl groups is 1. The van der Waals surface area contributed by atoms with Gasteiger partial charge in [-0.1, -0.05) is 26.8 Å². The van der Waals surface area contributed by atoms with E-state index in [4.69, 9.17) is 0 Å². The van der Waals surface area contributed by atoms with Crippen molar-refractivity contribution in [3.8, 4) is 0 Å². The molecule has 22 heavy (non-hydrogen) atoms. The van der Waals surface area contributed by atoms with Crippen molar-refractivity contribution in [3.63, 3.8) is 0 Å². The number of aromatic nitrogens is 1. The number of likely N-dealkylation sites (tertiary alicyclic amines) is 1. The smallest absolute Gasteiger partial charge is 0.407 e. The van der Waals surface area contributed by atoms with Gasteiger partial charge >= 0.3 is 6.09 Å². The van der Waals surface area contributed by atoms with Crippen LogP contribution in [0.15, 0.2) is 24.5 Å². The number of hydrogen-bond acceptors (Lipinski definition) is 3. The van der Waals surface area contributed by atoms with E-state index >= 15 is 0 Å². The van der Waals surface area contributed by atoms with Gasteiger partial charge in [0, 0.05) is 36.5 Å². The molecule has 5 heteroatoms. The van der Waals surface area contributed by atoms with Crippen LogP contribution in [0, 0.1) is 17.3 Å². The summed E-state index contributed by atoms with van der Waals surface area (Å²) >= 11 is 0. The number of amides is 1. The third kappa shape index (κ3) is 2.19. The Morgan fingerprint density at radius 2 is 2.18 bits per heavy atom. The third-order valence-electron chi connectivity index (χ3n) is 5.42. The molecular formula is C17H24N2O3. The lowest BCUT2D eigenvalue weighted by Gasteiger charge is -2.36. The second-order valence-corrected chi connectivity index (χ2v) is 7.72. The Labute approximate surface area is 131 Å². The Bertz CT molecular complexity index is 569. The van der Waals surface area contributed by atoms with Gasteiger partial charge in [-0.2, -0.15) is 0 Å². The number of hydrogen-bond donors (Lipinski definition) is 2. The van der Waals surface area contributed by atoms with Crippen LogP contribution in [0.25, 0.3) is 0 Å². The number of pyridine rings is 1. The van der Waals surface area contributed by atoms with Crippen molar-refractivity contribution >= 4 is 6.09 Å². The average molecular weight is 304 g/mol. The zero-order valence-electron chi connectivity index (χ0n) is 13.4. The minimum atomic E-state index is -0.966. The Balaban J connectivity index is 1.98. The van der Waals surface area contributed by atoms with E-state index < -0.39 is 11.7 Å². The maximum Gasteiger partial charge on any atom is 0.407 e. The van der Waals surface area contributed by atoms with E-state index in [1.54, 1.807) is 12.4 Å². The van der Waals surface area contributed by atoms with Gasteiger partial charge in [-0.25, -0.2) is 4.79 Å². The van der Waals surface area contributed by atoms with Crippen molar-refractivity contribution in [1.29, 1.82) is 0 Å². The molecule has 1 saturated heterocycles. The monoisotopic (exact) mass is 304 g/mol. The van der Waals surface area contributed by atoms with Gasteiger partial charge in [-0.3, -0.25) is 4.98 Å². The Kier molecular flexibility index (Phi) is 3.44. The summed E-state index contributed by atoms with van der Waals surface area (Å²) in [6.07, 6.45) is 4.03. The van der Waals surface area contributed by atoms with E-state index in [9.17, 15) is 15.0 Å². The molecule has 0 aromatic carbocycles. The van der Waals surface area contributed by atoms with Crippen molar-refractivity contribution in [2.45, 2.75) is 45.3 Å². The Morgan fingerprint density at radius 1 is 1.45 bits per heavy atom. The predicted octanol–water partition coefficient (Wildman–Crippen LogP) is 2.70. The van der Waals surface area contributed by atoms with Crippen molar-refractivity contribution < 1.29 is 15.0 Å². The van der Waals surface area contributed by atoms with Crippen LogP contribution in [-0.4, -0.2) is 38.8 Å². The van der Waals surface area contributed by atoms with E-state index in [2.05, 4.69) is 25.8 Å². The average Bonchev–Trinajstić information content (AvgIpc) is 2.98. The minimum Gasteiger partial charge on any atom is -0.465 e. The fourth-order valence-electron chi connectivity index (χ4n) is 4.63. The van der Waals surface area contributed by atoms with Crippen molar-refractivity contribution in [3.05, 3.63) is 30.1 Å². The lowest BCUT2D eigenvalue weighted by atomic mass is 9.75. The van der Waals surface area contributed by atoms with Crippen LogP contribution in [0.3, 0.4) is 0 Å². The molecular weight excluding hydrogens is 280 g/mol. The van der Waals surface area contributed by atoms with Gasteiger partial charge < -0.3 is 15.1 Å². The SMILES string of the molecule is CC(C)(C)C1C2CCC(O)(c3cccnc3)C2CN1C(=O)O. The zero-order chi connectivity index (χ0) is 16.1. The molecule has 1 aliphatic carbocycles. The first-order valence-electron chi connectivity index (χ1n) is 7.87. The maximum atomic E-state index is 11.7. The van der Waals surface area contributed by atoms with Gasteiger partial charge in [0.1, 0.15) is 0 Å². The third-order valence-corrected chi connectivity index (χ3v) is 5.42. The molecule has 120 valence electrons. The highest BCUT2D eigenvalue weighted by molar-refractivity contribution is 5.66. The standard InChI is InChI=1S/C17H24N2O3/c1-16(2,3)14-12-6-7-17(22,11-5-4-8-18-9-11)13(12)10-19(14)15(20)21/h4-5,8-9,12-14,22H,6-7,10H2,1-3H3,(H,20,21). The van der Waals surface area contributed by atoms with Crippen molar-refractivity contribution in [2.24, 2.45) is 17.3 Å². The summed E-state index contributed by atoms with van der Waals surface area (Å²) < 4.78 is 0. The molecule has 2 aliphatic rings. The van der Waals surface area contributed by atoms with Gasteiger partial charge in [0.05, 0.1) is 5.60 Å². The molecule has 0 bridgehead atoms. The maximum absolute atomic E-state index is 11.7. The van der Waals surface area contributed by atoms with Gasteiger partial charge in [0.25, 0.3) is 0 Å². The highest BCUT2D eigenvalue weighted by Crippen LogP contribution is 2.55. The fourth-order valence-corrected chi connectivity index (χ4v) is 4.63. The molecule has 4 atom stereocenters. The van der Waals surface area contributed by atoms with Gasteiger partial charge in [0.2, 0.25) is 0 Å². The second-order valence-electron chi connectivity index (χ2n) is 7.72. The summed E-state index contributed by atoms with van der Waals surface area (Å²) in [5, 5.41) is 20.8. The molecule has 2 fully saturated rings. The predicted molar refractivity (Wildman–Crippen MR) is 82.3 cm³/mol. The highest BCUT2D eigenvalue weighted by Gasteiger charge is 2.59. The van der Waals surface area contributed by atoms with Crippen LogP contribution < -0.4 is 0 Å². The number of fused-ring (bicyclic) bond motifs is 1. The molecule has 1 aliphatic heterocycles. The molecule has 0 radical (unpaired) electrons. The molecule has 1 aromatic heterocycles. The summed E-state index contributed by atoms with van der Waals surface area (Å²) in [5.41, 5.74) is -0.299. The number of nitrogens with zero attached hydrogens (tertiary/aromatic N) is 2. The van der Waals surface area contributed by atoms with Crippen LogP contribution in [0.4, 0.5) is 4.79 Å². The second kappa shape index (κ2) is 4.95. The van der Waals surface area contributed by atoms with Crippen LogP contribution in [0.5, 0.6) is 0 Å². The summed E-state index contributed by atoms with van der Waals surface area (Å²) in [5.74, 6) is 0.137. The molecule has 2 N–H and O–H groups in total. The lowest BCUT2D eigenvalue weighted by molar-refractivity contribution is -0.00618. The Morgan fingerprint density at radius 3 is 2.73 bits per heavy atom. The number of carbonyl (C=O) groups is 1. The van der Waals surface area contributed by atoms with E-state index in [-0.39, 0.29) is 23.3 Å². The normalized spacial score (nSPS) is 34.7. The van der Waals surface area contributed by atoms with Crippen LogP contribution in [0.1, 0.15) is 39.2 Å². The van der Waals surface area contributed by atoms with Gasteiger partial charge in [-0.15, -0.1) is 0 Å². The van der Waals surface area contributed by atoms with Gasteiger partial charge in [-0.05, 0) is 30.2 Å². The summed E-state index contributed by atoms with van der Waals surface area (Å²) in [6, 6.07) is 3.66. The molecule has 1 aromatic rings. The summed E-state index contributed by atoms with van der Waals surface area (Å²) in [7, 11) is 0. The molecule has 2 heterocycles. The van der Waals surface area contributed by atoms with Crippen molar-refractivity contribution in [2.75, 3.05) is 6.54 Å². The fraction of sp³-hybridized carbons (Fsp3) is 0.647. The first-order valence-corrected chi connectivity index (χ1v) is 7.87. The molecule has 4 unspecified atom stereocenters. The molecule has 0 spiro atoms. The lowest BCUT2D eigenvalue weighted by Crippen LogP contribution is -2.45. The molecule has 5 nitrogen and oxygen atoms in total. The first kappa shape index (κ1) is 15.3. The van der Waals surface area contributed by atoms with Crippen LogP contribution >= 0.6 is 0 Å². The molecule has 1 amide bonds. The number of carboxylic acid groups (broad SMARTS) is 1. The topological polar surface area (TPSA) is 73.7 Å². The molecule has 1 saturated carbocycles. The van der Waals surface area contributed by atoms with Crippen LogP contribution in [-0.2, 0) is 5.60 Å². The largest absolute Gasteiger partial charge is 0.465 e. The van der Waals surface area contributed by atoms with E-state index in [0.29, 0.717) is 13.0 Å². The summed E-state index contributed by atoms with van der Waals surface area (Å²) in [6.45, 7) is 6.64. The zero-order valence-corrected chi connectivity index (χ0v) is 13.4. The molecule has 3 rings (SSSR count). The summed E-state index contributed by atoms with van der Waals surface area (Å²) in [4.78, 5) is 17.3. The van der Waals surface area contributed by atoms with E-state index in [0.717, 1.165) is 12.0 Å². The minimum absolute atomic E-state index is 0.0549. The van der Waals surface area contributed by atoms with E-state index in [1.165, 1.54) is 4.90 Å². The Hall–Kier alpha value is -1.62. The van der Waals surface area contributed by atoms with Gasteiger partial charge in [0.15, 0.2) is 0 Å². The first-order chi connectivity index (χ1) is 10.2. The van der Waals surface area contributed by atoms with Crippen LogP contribution in [0.2, 0.25) is 0 Å². The quantitative estimate of drug-likeness (QED) is 0.836. The number of rotatable bonds is 1.